The van der Waals surface area contributed by atoms with Crippen molar-refractivity contribution < 1.29 is 18.0 Å². The highest BCUT2D eigenvalue weighted by molar-refractivity contribution is 9.10. The minimum Gasteiger partial charge on any atom is -0.349 e. The van der Waals surface area contributed by atoms with Crippen molar-refractivity contribution in [1.29, 1.82) is 0 Å². The average Bonchev–Trinajstić information content (AvgIpc) is 2.39. The lowest BCUT2D eigenvalue weighted by atomic mass is 10.0. The summed E-state index contributed by atoms with van der Waals surface area (Å²) in [6, 6.07) is 3.42. The fourth-order valence-corrected chi connectivity index (χ4v) is 2.91. The third-order valence-electron chi connectivity index (χ3n) is 3.59. The maximum absolute atomic E-state index is 12.7. The van der Waals surface area contributed by atoms with E-state index < -0.39 is 11.7 Å². The summed E-state index contributed by atoms with van der Waals surface area (Å²) in [7, 11) is 2.02. The predicted molar refractivity (Wildman–Crippen MR) is 77.1 cm³/mol. The summed E-state index contributed by atoms with van der Waals surface area (Å²) in [5.74, 6) is -0.334. The van der Waals surface area contributed by atoms with Gasteiger partial charge < -0.3 is 10.2 Å². The first kappa shape index (κ1) is 16.3. The first-order chi connectivity index (χ1) is 9.77. The summed E-state index contributed by atoms with van der Waals surface area (Å²) in [6.45, 7) is 1.81. The van der Waals surface area contributed by atoms with Crippen LogP contribution in [0.3, 0.4) is 0 Å². The maximum Gasteiger partial charge on any atom is 0.417 e. The molecular formula is C14H16BrF3N2O. The molecule has 1 saturated heterocycles. The highest BCUT2D eigenvalue weighted by Gasteiger charge is 2.33. The Bertz CT molecular complexity index is 525. The molecule has 0 bridgehead atoms. The Kier molecular flexibility index (Phi) is 4.93. The Morgan fingerprint density at radius 3 is 2.48 bits per heavy atom. The number of hydrogen-bond donors (Lipinski definition) is 1. The minimum atomic E-state index is -4.43. The van der Waals surface area contributed by atoms with Gasteiger partial charge in [0.15, 0.2) is 0 Å². The number of likely N-dealkylation sites (tertiary alicyclic amines) is 1. The van der Waals surface area contributed by atoms with E-state index in [1.54, 1.807) is 0 Å². The van der Waals surface area contributed by atoms with Crippen LogP contribution in [0, 0.1) is 0 Å². The zero-order chi connectivity index (χ0) is 15.6. The van der Waals surface area contributed by atoms with Crippen molar-refractivity contribution in [2.24, 2.45) is 0 Å². The van der Waals surface area contributed by atoms with E-state index in [1.165, 1.54) is 12.1 Å². The Labute approximate surface area is 129 Å². The van der Waals surface area contributed by atoms with Crippen LogP contribution in [0.4, 0.5) is 13.2 Å². The van der Waals surface area contributed by atoms with E-state index in [0.29, 0.717) is 0 Å². The van der Waals surface area contributed by atoms with Gasteiger partial charge in [0, 0.05) is 16.1 Å². The number of hydrogen-bond acceptors (Lipinski definition) is 2. The fourth-order valence-electron chi connectivity index (χ4n) is 2.31. The van der Waals surface area contributed by atoms with Crippen molar-refractivity contribution in [3.63, 3.8) is 0 Å². The minimum absolute atomic E-state index is 0.0785. The molecule has 3 nitrogen and oxygen atoms in total. The van der Waals surface area contributed by atoms with Crippen molar-refractivity contribution >= 4 is 21.8 Å². The van der Waals surface area contributed by atoms with Crippen LogP contribution in [0.25, 0.3) is 0 Å². The Balaban J connectivity index is 2.05. The van der Waals surface area contributed by atoms with Crippen LogP contribution >= 0.6 is 15.9 Å². The summed E-state index contributed by atoms with van der Waals surface area (Å²) >= 11 is 2.88. The SMILES string of the molecule is CN1CCC(NC(=O)c2ccc(C(F)(F)F)c(Br)c2)CC1. The topological polar surface area (TPSA) is 32.3 Å². The van der Waals surface area contributed by atoms with Gasteiger partial charge in [0.1, 0.15) is 0 Å². The van der Waals surface area contributed by atoms with Crippen LogP contribution in [-0.4, -0.2) is 37.0 Å². The maximum atomic E-state index is 12.7. The molecule has 0 atom stereocenters. The molecule has 116 valence electrons. The zero-order valence-corrected chi connectivity index (χ0v) is 13.1. The highest BCUT2D eigenvalue weighted by Crippen LogP contribution is 2.35. The number of carbonyl (C=O) groups is 1. The first-order valence-electron chi connectivity index (χ1n) is 6.63. The first-order valence-corrected chi connectivity index (χ1v) is 7.43. The lowest BCUT2D eigenvalue weighted by molar-refractivity contribution is -0.138. The van der Waals surface area contributed by atoms with Gasteiger partial charge in [-0.2, -0.15) is 13.2 Å². The molecule has 1 fully saturated rings. The number of benzene rings is 1. The van der Waals surface area contributed by atoms with Gasteiger partial charge >= 0.3 is 6.18 Å². The Morgan fingerprint density at radius 1 is 1.33 bits per heavy atom. The number of alkyl halides is 3. The van der Waals surface area contributed by atoms with E-state index in [-0.39, 0.29) is 22.0 Å². The third-order valence-corrected chi connectivity index (χ3v) is 4.25. The van der Waals surface area contributed by atoms with E-state index >= 15 is 0 Å². The van der Waals surface area contributed by atoms with Crippen LogP contribution in [0.15, 0.2) is 22.7 Å². The number of carbonyl (C=O) groups excluding carboxylic acids is 1. The van der Waals surface area contributed by atoms with Crippen molar-refractivity contribution in [1.82, 2.24) is 10.2 Å². The molecule has 1 aromatic rings. The van der Waals surface area contributed by atoms with Gasteiger partial charge in [-0.1, -0.05) is 15.9 Å². The number of nitrogens with one attached hydrogen (secondary N) is 1. The third kappa shape index (κ3) is 4.20. The largest absolute Gasteiger partial charge is 0.417 e. The normalized spacial score (nSPS) is 17.8. The molecule has 0 aliphatic carbocycles. The van der Waals surface area contributed by atoms with Gasteiger partial charge in [0.05, 0.1) is 5.56 Å². The van der Waals surface area contributed by atoms with Crippen LogP contribution in [0.5, 0.6) is 0 Å². The van der Waals surface area contributed by atoms with E-state index in [1.807, 2.05) is 7.05 Å². The molecule has 1 N–H and O–H groups in total. The molecule has 21 heavy (non-hydrogen) atoms. The van der Waals surface area contributed by atoms with Crippen molar-refractivity contribution in [3.8, 4) is 0 Å². The fraction of sp³-hybridized carbons (Fsp3) is 0.500. The molecule has 0 aromatic heterocycles. The number of halogens is 4. The monoisotopic (exact) mass is 364 g/mol. The summed E-state index contributed by atoms with van der Waals surface area (Å²) in [5.41, 5.74) is -0.549. The molecular weight excluding hydrogens is 349 g/mol. The second kappa shape index (κ2) is 6.36. The molecule has 0 spiro atoms. The molecule has 0 radical (unpaired) electrons. The van der Waals surface area contributed by atoms with Crippen molar-refractivity contribution in [2.45, 2.75) is 25.1 Å². The number of rotatable bonds is 2. The molecule has 1 aliphatic rings. The average molecular weight is 365 g/mol. The molecule has 0 saturated carbocycles. The second-order valence-electron chi connectivity index (χ2n) is 5.24. The number of nitrogens with zero attached hydrogens (tertiary/aromatic N) is 1. The summed E-state index contributed by atoms with van der Waals surface area (Å²) in [4.78, 5) is 14.3. The molecule has 7 heteroatoms. The second-order valence-corrected chi connectivity index (χ2v) is 6.10. The lowest BCUT2D eigenvalue weighted by Gasteiger charge is -2.29. The van der Waals surface area contributed by atoms with E-state index in [9.17, 15) is 18.0 Å². The molecule has 2 rings (SSSR count). The van der Waals surface area contributed by atoms with Gasteiger partial charge in [0.25, 0.3) is 5.91 Å². The standard InChI is InChI=1S/C14H16BrF3N2O/c1-20-6-4-10(5-7-20)19-13(21)9-2-3-11(12(15)8-9)14(16,17)18/h2-3,8,10H,4-7H2,1H3,(H,19,21). The van der Waals surface area contributed by atoms with Crippen LogP contribution in [-0.2, 0) is 6.18 Å². The molecule has 1 amide bonds. The quantitative estimate of drug-likeness (QED) is 0.873. The molecule has 1 heterocycles. The van der Waals surface area contributed by atoms with Gasteiger partial charge in [0.2, 0.25) is 0 Å². The van der Waals surface area contributed by atoms with Crippen LogP contribution < -0.4 is 5.32 Å². The summed E-state index contributed by atoms with van der Waals surface area (Å²) < 4.78 is 37.8. The zero-order valence-electron chi connectivity index (χ0n) is 11.5. The van der Waals surface area contributed by atoms with Gasteiger partial charge in [-0.25, -0.2) is 0 Å². The van der Waals surface area contributed by atoms with Crippen LogP contribution in [0.2, 0.25) is 0 Å². The molecule has 1 aromatic carbocycles. The predicted octanol–water partition coefficient (Wildman–Crippen LogP) is 3.29. The van der Waals surface area contributed by atoms with E-state index in [4.69, 9.17) is 0 Å². The smallest absolute Gasteiger partial charge is 0.349 e. The van der Waals surface area contributed by atoms with Gasteiger partial charge in [-0.3, -0.25) is 4.79 Å². The van der Waals surface area contributed by atoms with Gasteiger partial charge in [-0.05, 0) is 51.2 Å². The number of piperidine rings is 1. The Morgan fingerprint density at radius 2 is 1.95 bits per heavy atom. The van der Waals surface area contributed by atoms with E-state index in [2.05, 4.69) is 26.1 Å². The molecule has 0 unspecified atom stereocenters. The van der Waals surface area contributed by atoms with Gasteiger partial charge in [-0.15, -0.1) is 0 Å². The lowest BCUT2D eigenvalue weighted by Crippen LogP contribution is -2.43. The molecule has 1 aliphatic heterocycles. The highest BCUT2D eigenvalue weighted by atomic mass is 79.9. The summed E-state index contributed by atoms with van der Waals surface area (Å²) in [5, 5.41) is 2.87. The van der Waals surface area contributed by atoms with Crippen molar-refractivity contribution in [3.05, 3.63) is 33.8 Å². The Hall–Kier alpha value is -1.08. The van der Waals surface area contributed by atoms with E-state index in [0.717, 1.165) is 32.0 Å². The van der Waals surface area contributed by atoms with Crippen molar-refractivity contribution in [2.75, 3.05) is 20.1 Å². The van der Waals surface area contributed by atoms with Crippen LogP contribution in [0.1, 0.15) is 28.8 Å². The number of amides is 1. The summed E-state index contributed by atoms with van der Waals surface area (Å²) in [6.07, 6.45) is -2.73.